The monoisotopic (exact) mass is 640 g/mol. The molecule has 0 N–H and O–H groups in total. The maximum absolute atomic E-state index is 12.3. The minimum absolute atomic E-state index is 0.0588. The normalized spacial score (nSPS) is 12.4. The molecule has 0 saturated carbocycles. The van der Waals surface area contributed by atoms with Gasteiger partial charge in [0, 0.05) is 16.5 Å². The first-order valence-electron chi connectivity index (χ1n) is 17.6. The van der Waals surface area contributed by atoms with Crippen LogP contribution in [0.25, 0.3) is 11.1 Å². The molecule has 0 aliphatic carbocycles. The van der Waals surface area contributed by atoms with Gasteiger partial charge in [-0.2, -0.15) is 0 Å². The largest absolute Gasteiger partial charge is 0.295 e. The second-order valence-electron chi connectivity index (χ2n) is 10.9. The summed E-state index contributed by atoms with van der Waals surface area (Å²) >= 11 is 1.42. The summed E-state index contributed by atoms with van der Waals surface area (Å²) in [5, 5.41) is 2.60. The van der Waals surface area contributed by atoms with Crippen molar-refractivity contribution >= 4 is 34.0 Å². The molecule has 1 rings (SSSR count). The smallest absolute Gasteiger partial charge is 0.162 e. The van der Waals surface area contributed by atoms with Gasteiger partial charge in [-0.05, 0) is 58.1 Å². The molecule has 0 spiro atoms. The lowest BCUT2D eigenvalue weighted by atomic mass is 9.95. The van der Waals surface area contributed by atoms with Crippen LogP contribution in [0.15, 0.2) is 65.1 Å². The summed E-state index contributed by atoms with van der Waals surface area (Å²) in [6.07, 6.45) is 23.8. The molecular formula is C41H69NO2S. The molecule has 4 heteroatoms. The molecule has 0 aliphatic heterocycles. The molecule has 0 fully saturated rings. The lowest BCUT2D eigenvalue weighted by Gasteiger charge is -2.11. The van der Waals surface area contributed by atoms with Gasteiger partial charge < -0.3 is 0 Å². The Bertz CT molecular complexity index is 1090. The standard InChI is InChI=1S/C26H33NO2S.C10H22.C3H8.C2H6/c1-8-12-15-23(18(5)13-9-2)22(11-4)25-17-30-26(27-25)24(20(7)29)16-21(14-10-3)19(6)28;1-4-7-8-9-10(5-2)6-3;1-3-2;1-2/h8,11-12,14-17H,1,9-10,13H2,2-7H3;10H,4-9H2,1-3H3;3H2,1-2H3;1-2H3/b15-12-,21-14+,22-11+,23-18-,24-16+;;;. The van der Waals surface area contributed by atoms with Gasteiger partial charge in [-0.1, -0.05) is 156 Å². The number of allylic oxidation sites excluding steroid dienone is 11. The van der Waals surface area contributed by atoms with Gasteiger partial charge in [-0.3, -0.25) is 9.59 Å². The van der Waals surface area contributed by atoms with Crippen molar-refractivity contribution in [3.63, 3.8) is 0 Å². The molecule has 0 atom stereocenters. The molecule has 1 heterocycles. The molecule has 0 unspecified atom stereocenters. The third-order valence-corrected chi connectivity index (χ3v) is 7.83. The topological polar surface area (TPSA) is 47.0 Å². The minimum atomic E-state index is -0.106. The Morgan fingerprint density at radius 1 is 0.911 bits per heavy atom. The minimum Gasteiger partial charge on any atom is -0.295 e. The molecule has 0 amide bonds. The Morgan fingerprint density at radius 2 is 1.51 bits per heavy atom. The number of carbonyl (C=O) groups excluding carboxylic acids is 2. The van der Waals surface area contributed by atoms with E-state index >= 15 is 0 Å². The fourth-order valence-electron chi connectivity index (χ4n) is 4.47. The maximum atomic E-state index is 12.3. The summed E-state index contributed by atoms with van der Waals surface area (Å²) in [4.78, 5) is 29.1. The number of unbranched alkanes of at least 4 members (excludes halogenated alkanes) is 2. The summed E-state index contributed by atoms with van der Waals surface area (Å²) in [5.41, 5.74) is 5.27. The molecule has 3 nitrogen and oxygen atoms in total. The van der Waals surface area contributed by atoms with E-state index in [1.165, 1.54) is 75.7 Å². The number of Topliss-reactive ketones (excluding diaryl/α,β-unsaturated/α-hetero) is 2. The van der Waals surface area contributed by atoms with E-state index in [1.54, 1.807) is 12.2 Å². The van der Waals surface area contributed by atoms with E-state index in [-0.39, 0.29) is 11.6 Å². The van der Waals surface area contributed by atoms with E-state index in [0.717, 1.165) is 42.0 Å². The van der Waals surface area contributed by atoms with E-state index in [9.17, 15) is 9.59 Å². The summed E-state index contributed by atoms with van der Waals surface area (Å²) in [5.74, 6) is 0.841. The fourth-order valence-corrected chi connectivity index (χ4v) is 5.36. The van der Waals surface area contributed by atoms with Gasteiger partial charge in [0.1, 0.15) is 5.01 Å². The van der Waals surface area contributed by atoms with Crippen molar-refractivity contribution in [2.45, 2.75) is 154 Å². The van der Waals surface area contributed by atoms with E-state index in [1.807, 2.05) is 45.2 Å². The van der Waals surface area contributed by atoms with Gasteiger partial charge in [0.15, 0.2) is 11.6 Å². The number of hydrogen-bond donors (Lipinski definition) is 0. The first kappa shape index (κ1) is 46.8. The quantitative estimate of drug-likeness (QED) is 0.0968. The fraction of sp³-hybridized carbons (Fsp3) is 0.585. The molecule has 1 aromatic rings. The van der Waals surface area contributed by atoms with Crippen molar-refractivity contribution in [2.75, 3.05) is 0 Å². The highest BCUT2D eigenvalue weighted by Crippen LogP contribution is 2.32. The van der Waals surface area contributed by atoms with E-state index in [0.29, 0.717) is 16.2 Å². The number of carbonyl (C=O) groups is 2. The Balaban J connectivity index is -0.000000978. The lowest BCUT2D eigenvalue weighted by Crippen LogP contribution is -2.01. The van der Waals surface area contributed by atoms with Crippen LogP contribution >= 0.6 is 11.3 Å². The zero-order valence-corrected chi connectivity index (χ0v) is 32.4. The summed E-state index contributed by atoms with van der Waals surface area (Å²) in [6, 6.07) is 0. The van der Waals surface area contributed by atoms with Gasteiger partial charge in [0.2, 0.25) is 0 Å². The van der Waals surface area contributed by atoms with Crippen molar-refractivity contribution in [3.05, 3.63) is 75.8 Å². The zero-order chi connectivity index (χ0) is 35.2. The number of hydrogen-bond acceptors (Lipinski definition) is 4. The van der Waals surface area contributed by atoms with Crippen molar-refractivity contribution in [1.29, 1.82) is 0 Å². The van der Waals surface area contributed by atoms with Crippen LogP contribution in [-0.4, -0.2) is 16.6 Å². The average Bonchev–Trinajstić information content (AvgIpc) is 3.50. The molecule has 1 aromatic heterocycles. The van der Waals surface area contributed by atoms with E-state index < -0.39 is 0 Å². The predicted molar refractivity (Wildman–Crippen MR) is 206 cm³/mol. The maximum Gasteiger partial charge on any atom is 0.162 e. The van der Waals surface area contributed by atoms with Crippen molar-refractivity contribution in [1.82, 2.24) is 4.98 Å². The Morgan fingerprint density at radius 3 is 1.93 bits per heavy atom. The van der Waals surface area contributed by atoms with Crippen LogP contribution < -0.4 is 0 Å². The van der Waals surface area contributed by atoms with Crippen LogP contribution in [-0.2, 0) is 9.59 Å². The van der Waals surface area contributed by atoms with Gasteiger partial charge in [0.05, 0.1) is 11.3 Å². The Labute approximate surface area is 283 Å². The summed E-state index contributed by atoms with van der Waals surface area (Å²) in [7, 11) is 0. The number of ketones is 2. The van der Waals surface area contributed by atoms with Gasteiger partial charge in [-0.15, -0.1) is 11.3 Å². The Hall–Kier alpha value is -2.59. The highest BCUT2D eigenvalue weighted by molar-refractivity contribution is 7.11. The number of rotatable bonds is 17. The van der Waals surface area contributed by atoms with Crippen molar-refractivity contribution in [3.8, 4) is 0 Å². The lowest BCUT2D eigenvalue weighted by molar-refractivity contribution is -0.113. The first-order chi connectivity index (χ1) is 21.6. The number of nitrogens with zero attached hydrogens (tertiary/aromatic N) is 1. The SMILES string of the molecule is C=C\C=C/C(=C(\C)CCC)C(=C\C)/c1csc(/C(=C/C(=C\CC)C(C)=O)C(C)=O)n1.CC.CCC.CCCCCC(CC)CC. The molecule has 256 valence electrons. The van der Waals surface area contributed by atoms with Crippen LogP contribution in [0.3, 0.4) is 0 Å². The van der Waals surface area contributed by atoms with E-state index in [2.05, 4.69) is 67.2 Å². The van der Waals surface area contributed by atoms with Crippen LogP contribution in [0.1, 0.15) is 165 Å². The second kappa shape index (κ2) is 31.4. The van der Waals surface area contributed by atoms with Gasteiger partial charge >= 0.3 is 0 Å². The second-order valence-corrected chi connectivity index (χ2v) is 11.8. The van der Waals surface area contributed by atoms with Crippen LogP contribution in [0.4, 0.5) is 0 Å². The number of thiazole rings is 1. The van der Waals surface area contributed by atoms with Crippen molar-refractivity contribution < 1.29 is 9.59 Å². The molecular weight excluding hydrogens is 571 g/mol. The molecule has 0 saturated heterocycles. The number of aromatic nitrogens is 1. The average molecular weight is 640 g/mol. The highest BCUT2D eigenvalue weighted by Gasteiger charge is 2.17. The van der Waals surface area contributed by atoms with Crippen LogP contribution in [0.5, 0.6) is 0 Å². The molecule has 0 aromatic carbocycles. The van der Waals surface area contributed by atoms with Crippen LogP contribution in [0.2, 0.25) is 0 Å². The highest BCUT2D eigenvalue weighted by atomic mass is 32.1. The first-order valence-corrected chi connectivity index (χ1v) is 18.5. The molecule has 0 aliphatic rings. The summed E-state index contributed by atoms with van der Waals surface area (Å²) in [6.45, 7) is 30.2. The van der Waals surface area contributed by atoms with Gasteiger partial charge in [-0.25, -0.2) is 4.98 Å². The third kappa shape index (κ3) is 20.9. The van der Waals surface area contributed by atoms with Crippen LogP contribution in [0, 0.1) is 5.92 Å². The van der Waals surface area contributed by atoms with Crippen molar-refractivity contribution in [2.24, 2.45) is 5.92 Å². The zero-order valence-electron chi connectivity index (χ0n) is 31.6. The van der Waals surface area contributed by atoms with Gasteiger partial charge in [0.25, 0.3) is 0 Å². The Kier molecular flexibility index (Phi) is 32.7. The molecule has 0 radical (unpaired) electrons. The molecule has 0 bridgehead atoms. The molecule has 45 heavy (non-hydrogen) atoms. The summed E-state index contributed by atoms with van der Waals surface area (Å²) < 4.78 is 0. The van der Waals surface area contributed by atoms with E-state index in [4.69, 9.17) is 4.98 Å². The predicted octanol–water partition coefficient (Wildman–Crippen LogP) is 13.7. The third-order valence-electron chi connectivity index (χ3n) is 6.95.